The lowest BCUT2D eigenvalue weighted by Crippen LogP contribution is -2.30. The lowest BCUT2D eigenvalue weighted by Gasteiger charge is -2.20. The molecule has 0 saturated carbocycles. The summed E-state index contributed by atoms with van der Waals surface area (Å²) in [6.07, 6.45) is 2.36. The molecule has 1 unspecified atom stereocenters. The van der Waals surface area contributed by atoms with E-state index in [4.69, 9.17) is 14.2 Å². The Morgan fingerprint density at radius 3 is 2.67 bits per heavy atom. The number of sulfonamides is 1. The topological polar surface area (TPSA) is 86.8 Å². The summed E-state index contributed by atoms with van der Waals surface area (Å²) in [4.78, 5) is 5.37. The lowest BCUT2D eigenvalue weighted by molar-refractivity contribution is 0.297. The molecule has 1 aliphatic rings. The molecule has 1 atom stereocenters. The molecule has 0 bridgehead atoms. The first kappa shape index (κ1) is 21.7. The first-order valence-corrected chi connectivity index (χ1v) is 12.7. The van der Waals surface area contributed by atoms with E-state index in [0.717, 1.165) is 21.4 Å². The Balaban J connectivity index is 1.57. The third-order valence-electron chi connectivity index (χ3n) is 5.32. The van der Waals surface area contributed by atoms with Gasteiger partial charge in [-0.05, 0) is 41.8 Å². The Kier molecular flexibility index (Phi) is 5.92. The van der Waals surface area contributed by atoms with E-state index in [-0.39, 0.29) is 4.90 Å². The summed E-state index contributed by atoms with van der Waals surface area (Å²) in [5.74, 6) is 1.46. The van der Waals surface area contributed by atoms with Crippen molar-refractivity contribution >= 4 is 31.4 Å². The summed E-state index contributed by atoms with van der Waals surface area (Å²) < 4.78 is 47.7. The third kappa shape index (κ3) is 4.39. The van der Waals surface area contributed by atoms with Crippen molar-refractivity contribution in [2.45, 2.75) is 17.4 Å². The molecule has 1 N–H and O–H groups in total. The van der Waals surface area contributed by atoms with Crippen LogP contribution in [-0.2, 0) is 10.0 Å². The minimum Gasteiger partial charge on any atom is -0.495 e. The molecule has 0 amide bonds. The number of benzene rings is 2. The smallest absolute Gasteiger partial charge is 0.241 e. The van der Waals surface area contributed by atoms with Crippen LogP contribution in [0, 0.1) is 0 Å². The number of rotatable bonds is 6. The monoisotopic (exact) mass is 482 g/mol. The number of nitrogens with zero attached hydrogens (tertiary/aromatic N) is 1. The number of methoxy groups -OCH3 is 1. The Morgan fingerprint density at radius 2 is 1.85 bits per heavy atom. The Labute approximate surface area is 196 Å². The third-order valence-corrected chi connectivity index (χ3v) is 7.93. The maximum Gasteiger partial charge on any atom is 0.241 e. The summed E-state index contributed by atoms with van der Waals surface area (Å²) in [5, 5.41) is 1.03. The van der Waals surface area contributed by atoms with Gasteiger partial charge in [-0.25, -0.2) is 8.42 Å². The van der Waals surface area contributed by atoms with Gasteiger partial charge in [-0.3, -0.25) is 4.98 Å². The summed E-state index contributed by atoms with van der Waals surface area (Å²) in [7, 11) is -2.40. The Bertz CT molecular complexity index is 1370. The van der Waals surface area contributed by atoms with Crippen molar-refractivity contribution in [3.05, 3.63) is 77.4 Å². The fourth-order valence-corrected chi connectivity index (χ4v) is 6.11. The minimum absolute atomic E-state index is 0.0905. The van der Waals surface area contributed by atoms with Crippen LogP contribution in [0.15, 0.2) is 71.8 Å². The van der Waals surface area contributed by atoms with Gasteiger partial charge in [0, 0.05) is 28.3 Å². The Morgan fingerprint density at radius 1 is 1.03 bits per heavy atom. The van der Waals surface area contributed by atoms with Crippen molar-refractivity contribution in [3.8, 4) is 17.2 Å². The maximum absolute atomic E-state index is 13.5. The van der Waals surface area contributed by atoms with Gasteiger partial charge in [0.05, 0.1) is 25.2 Å². The van der Waals surface area contributed by atoms with E-state index in [9.17, 15) is 8.42 Å². The molecule has 2 aromatic carbocycles. The number of thiophene rings is 1. The van der Waals surface area contributed by atoms with Crippen LogP contribution < -0.4 is 18.9 Å². The van der Waals surface area contributed by atoms with Gasteiger partial charge in [0.2, 0.25) is 10.0 Å². The zero-order chi connectivity index (χ0) is 22.8. The van der Waals surface area contributed by atoms with Crippen molar-refractivity contribution in [3.63, 3.8) is 0 Å². The molecule has 7 nitrogen and oxygen atoms in total. The van der Waals surface area contributed by atoms with E-state index < -0.39 is 16.1 Å². The predicted molar refractivity (Wildman–Crippen MR) is 127 cm³/mol. The van der Waals surface area contributed by atoms with E-state index in [2.05, 4.69) is 9.71 Å². The molecular formula is C24H22N2O5S2. The number of pyridine rings is 1. The van der Waals surface area contributed by atoms with Crippen LogP contribution in [0.5, 0.6) is 17.2 Å². The fourth-order valence-electron chi connectivity index (χ4n) is 3.72. The van der Waals surface area contributed by atoms with Crippen molar-refractivity contribution in [1.82, 2.24) is 9.71 Å². The van der Waals surface area contributed by atoms with Crippen LogP contribution in [0.2, 0.25) is 0 Å². The SMILES string of the molecule is COc1cccnc1C(NS(=O)(=O)c1ccc2c(c1)OCCCO2)c1cc2ccccc2s1. The second-order valence-corrected chi connectivity index (χ2v) is 10.3. The maximum atomic E-state index is 13.5. The number of hydrogen-bond acceptors (Lipinski definition) is 7. The number of fused-ring (bicyclic) bond motifs is 2. The van der Waals surface area contributed by atoms with Gasteiger partial charge in [0.15, 0.2) is 11.5 Å². The molecule has 0 radical (unpaired) electrons. The van der Waals surface area contributed by atoms with Crippen LogP contribution >= 0.6 is 11.3 Å². The van der Waals surface area contributed by atoms with Crippen LogP contribution in [-0.4, -0.2) is 33.7 Å². The first-order chi connectivity index (χ1) is 16.0. The highest BCUT2D eigenvalue weighted by atomic mass is 32.2. The number of hydrogen-bond donors (Lipinski definition) is 1. The van der Waals surface area contributed by atoms with Gasteiger partial charge in [-0.1, -0.05) is 18.2 Å². The highest BCUT2D eigenvalue weighted by Crippen LogP contribution is 2.37. The molecular weight excluding hydrogens is 460 g/mol. The lowest BCUT2D eigenvalue weighted by atomic mass is 10.1. The van der Waals surface area contributed by atoms with E-state index in [1.54, 1.807) is 31.5 Å². The quantitative estimate of drug-likeness (QED) is 0.434. The largest absolute Gasteiger partial charge is 0.495 e. The molecule has 0 fully saturated rings. The van der Waals surface area contributed by atoms with Gasteiger partial charge in [-0.15, -0.1) is 11.3 Å². The summed E-state index contributed by atoms with van der Waals surface area (Å²) in [6.45, 7) is 1.00. The van der Waals surface area contributed by atoms with Crippen molar-refractivity contribution in [1.29, 1.82) is 0 Å². The van der Waals surface area contributed by atoms with E-state index >= 15 is 0 Å². The van der Waals surface area contributed by atoms with Crippen LogP contribution in [0.3, 0.4) is 0 Å². The van der Waals surface area contributed by atoms with Gasteiger partial charge in [0.25, 0.3) is 0 Å². The van der Waals surface area contributed by atoms with Gasteiger partial charge < -0.3 is 14.2 Å². The van der Waals surface area contributed by atoms with E-state index in [1.807, 2.05) is 30.3 Å². The Hall–Kier alpha value is -3.14. The molecule has 170 valence electrons. The first-order valence-electron chi connectivity index (χ1n) is 10.4. The molecule has 9 heteroatoms. The zero-order valence-electron chi connectivity index (χ0n) is 17.9. The van der Waals surface area contributed by atoms with Gasteiger partial charge >= 0.3 is 0 Å². The number of nitrogens with one attached hydrogen (secondary N) is 1. The summed E-state index contributed by atoms with van der Waals surface area (Å²) in [6, 6.07) is 17.3. The summed E-state index contributed by atoms with van der Waals surface area (Å²) in [5.41, 5.74) is 0.490. The van der Waals surface area contributed by atoms with E-state index in [0.29, 0.717) is 36.2 Å². The standard InChI is InChI=1S/C24H22N2O5S2/c1-29-19-7-4-11-25-23(19)24(22-14-16-6-2-3-8-21(16)32-22)26-33(27,28)17-9-10-18-20(15-17)31-13-5-12-30-18/h2-4,6-11,14-15,24,26H,5,12-13H2,1H3. The molecule has 1 aliphatic heterocycles. The molecule has 4 aromatic rings. The molecule has 0 aliphatic carbocycles. The van der Waals surface area contributed by atoms with Crippen LogP contribution in [0.4, 0.5) is 0 Å². The van der Waals surface area contributed by atoms with E-state index in [1.165, 1.54) is 23.5 Å². The molecule has 5 rings (SSSR count). The van der Waals surface area contributed by atoms with Crippen LogP contribution in [0.25, 0.3) is 10.1 Å². The fraction of sp³-hybridized carbons (Fsp3) is 0.208. The zero-order valence-corrected chi connectivity index (χ0v) is 19.5. The molecule has 33 heavy (non-hydrogen) atoms. The molecule has 3 heterocycles. The highest BCUT2D eigenvalue weighted by molar-refractivity contribution is 7.89. The molecule has 2 aromatic heterocycles. The van der Waals surface area contributed by atoms with Gasteiger partial charge in [0.1, 0.15) is 17.5 Å². The average Bonchev–Trinajstić information content (AvgIpc) is 3.12. The number of aromatic nitrogens is 1. The second kappa shape index (κ2) is 9.01. The second-order valence-electron chi connectivity index (χ2n) is 7.49. The van der Waals surface area contributed by atoms with Gasteiger partial charge in [-0.2, -0.15) is 4.72 Å². The van der Waals surface area contributed by atoms with Crippen LogP contribution in [0.1, 0.15) is 23.0 Å². The number of ether oxygens (including phenoxy) is 3. The van der Waals surface area contributed by atoms with Crippen molar-refractivity contribution < 1.29 is 22.6 Å². The van der Waals surface area contributed by atoms with Crippen molar-refractivity contribution in [2.24, 2.45) is 0 Å². The minimum atomic E-state index is -3.94. The average molecular weight is 483 g/mol. The summed E-state index contributed by atoms with van der Waals surface area (Å²) >= 11 is 1.51. The normalized spacial score (nSPS) is 14.6. The predicted octanol–water partition coefficient (Wildman–Crippen LogP) is 4.53. The van der Waals surface area contributed by atoms with Crippen molar-refractivity contribution in [2.75, 3.05) is 20.3 Å². The molecule has 0 spiro atoms. The molecule has 0 saturated heterocycles. The highest BCUT2D eigenvalue weighted by Gasteiger charge is 2.29.